The molecule has 2 N–H and O–H groups in total. The van der Waals surface area contributed by atoms with E-state index in [0.29, 0.717) is 0 Å². The van der Waals surface area contributed by atoms with Crippen molar-refractivity contribution in [3.63, 3.8) is 0 Å². The van der Waals surface area contributed by atoms with Crippen LogP contribution in [0, 0.1) is 0 Å². The van der Waals surface area contributed by atoms with E-state index in [1.807, 2.05) is 0 Å². The highest BCUT2D eigenvalue weighted by Gasteiger charge is 2.17. The number of hydrogen-bond donors (Lipinski definition) is 1. The van der Waals surface area contributed by atoms with E-state index < -0.39 is 0 Å². The minimum absolute atomic E-state index is 0.152. The fraction of sp³-hybridized carbons (Fsp3) is 0.500. The van der Waals surface area contributed by atoms with E-state index in [1.54, 1.807) is 0 Å². The van der Waals surface area contributed by atoms with Gasteiger partial charge in [0.05, 0.1) is 6.61 Å². The number of para-hydroxylation sites is 1. The number of benzene rings is 1. The lowest BCUT2D eigenvalue weighted by Crippen LogP contribution is -2.09. The van der Waals surface area contributed by atoms with Gasteiger partial charge >= 0.3 is 0 Å². The molecule has 0 amide bonds. The first-order valence-electron chi connectivity index (χ1n) is 5.33. The third-order valence-electron chi connectivity index (χ3n) is 2.81. The van der Waals surface area contributed by atoms with Gasteiger partial charge in [-0.1, -0.05) is 25.1 Å². The van der Waals surface area contributed by atoms with E-state index in [1.165, 1.54) is 11.1 Å². The number of rotatable bonds is 1. The SMILES string of the molecule is CCc1cccc2c1OCCC[C@@H]2N. The molecule has 0 saturated heterocycles. The van der Waals surface area contributed by atoms with Crippen LogP contribution >= 0.6 is 0 Å². The summed E-state index contributed by atoms with van der Waals surface area (Å²) in [5.41, 5.74) is 8.55. The molecule has 0 saturated carbocycles. The van der Waals surface area contributed by atoms with E-state index in [2.05, 4.69) is 25.1 Å². The third-order valence-corrected chi connectivity index (χ3v) is 2.81. The Morgan fingerprint density at radius 1 is 1.50 bits per heavy atom. The van der Waals surface area contributed by atoms with Gasteiger partial charge in [0.2, 0.25) is 0 Å². The van der Waals surface area contributed by atoms with E-state index in [4.69, 9.17) is 10.5 Å². The Morgan fingerprint density at radius 3 is 3.14 bits per heavy atom. The maximum atomic E-state index is 6.09. The molecule has 1 atom stereocenters. The smallest absolute Gasteiger partial charge is 0.127 e. The summed E-state index contributed by atoms with van der Waals surface area (Å²) < 4.78 is 5.76. The Kier molecular flexibility index (Phi) is 2.73. The minimum atomic E-state index is 0.152. The molecule has 0 fully saturated rings. The summed E-state index contributed by atoms with van der Waals surface area (Å²) in [6.07, 6.45) is 3.09. The van der Waals surface area contributed by atoms with Crippen molar-refractivity contribution in [2.75, 3.05) is 6.61 Å². The first-order chi connectivity index (χ1) is 6.83. The molecule has 1 aromatic rings. The number of aryl methyl sites for hydroxylation is 1. The molecule has 0 radical (unpaired) electrons. The molecule has 0 aromatic heterocycles. The van der Waals surface area contributed by atoms with E-state index in [-0.39, 0.29) is 6.04 Å². The van der Waals surface area contributed by atoms with Gasteiger partial charge in [-0.15, -0.1) is 0 Å². The second-order valence-corrected chi connectivity index (χ2v) is 3.79. The van der Waals surface area contributed by atoms with E-state index in [9.17, 15) is 0 Å². The number of hydrogen-bond acceptors (Lipinski definition) is 2. The zero-order valence-electron chi connectivity index (χ0n) is 8.62. The van der Waals surface area contributed by atoms with Gasteiger partial charge < -0.3 is 10.5 Å². The van der Waals surface area contributed by atoms with Crippen molar-refractivity contribution in [1.29, 1.82) is 0 Å². The van der Waals surface area contributed by atoms with Crippen LogP contribution < -0.4 is 10.5 Å². The van der Waals surface area contributed by atoms with Gasteiger partial charge in [0, 0.05) is 11.6 Å². The maximum Gasteiger partial charge on any atom is 0.127 e. The van der Waals surface area contributed by atoms with E-state index in [0.717, 1.165) is 31.6 Å². The van der Waals surface area contributed by atoms with Crippen LogP contribution in [-0.2, 0) is 6.42 Å². The van der Waals surface area contributed by atoms with Crippen molar-refractivity contribution in [2.45, 2.75) is 32.2 Å². The summed E-state index contributed by atoms with van der Waals surface area (Å²) in [4.78, 5) is 0. The molecule has 1 heterocycles. The van der Waals surface area contributed by atoms with Crippen molar-refractivity contribution in [2.24, 2.45) is 5.73 Å². The predicted octanol–water partition coefficient (Wildman–Crippen LogP) is 2.42. The average Bonchev–Trinajstić information content (AvgIpc) is 2.41. The molecule has 1 aromatic carbocycles. The van der Waals surface area contributed by atoms with Gasteiger partial charge in [-0.25, -0.2) is 0 Å². The van der Waals surface area contributed by atoms with Gasteiger partial charge in [0.25, 0.3) is 0 Å². The summed E-state index contributed by atoms with van der Waals surface area (Å²) in [7, 11) is 0. The molecule has 0 bridgehead atoms. The minimum Gasteiger partial charge on any atom is -0.493 e. The summed E-state index contributed by atoms with van der Waals surface area (Å²) >= 11 is 0. The number of ether oxygens (including phenoxy) is 1. The van der Waals surface area contributed by atoms with Crippen LogP contribution in [0.3, 0.4) is 0 Å². The number of nitrogens with two attached hydrogens (primary N) is 1. The predicted molar refractivity (Wildman–Crippen MR) is 57.5 cm³/mol. The molecule has 0 aliphatic carbocycles. The van der Waals surface area contributed by atoms with Crippen molar-refractivity contribution >= 4 is 0 Å². The molecule has 14 heavy (non-hydrogen) atoms. The zero-order chi connectivity index (χ0) is 9.97. The lowest BCUT2D eigenvalue weighted by Gasteiger charge is -2.14. The quantitative estimate of drug-likeness (QED) is 0.740. The number of fused-ring (bicyclic) bond motifs is 1. The highest BCUT2D eigenvalue weighted by Crippen LogP contribution is 2.33. The Bertz CT molecular complexity index is 322. The van der Waals surface area contributed by atoms with Crippen molar-refractivity contribution < 1.29 is 4.74 Å². The normalized spacial score (nSPS) is 20.9. The van der Waals surface area contributed by atoms with Gasteiger partial charge in [0.15, 0.2) is 0 Å². The highest BCUT2D eigenvalue weighted by atomic mass is 16.5. The van der Waals surface area contributed by atoms with Crippen molar-refractivity contribution in [3.05, 3.63) is 29.3 Å². The lowest BCUT2D eigenvalue weighted by atomic mass is 9.99. The van der Waals surface area contributed by atoms with Gasteiger partial charge in [-0.3, -0.25) is 0 Å². The average molecular weight is 191 g/mol. The van der Waals surface area contributed by atoms with Crippen LogP contribution in [0.2, 0.25) is 0 Å². The molecular weight excluding hydrogens is 174 g/mol. The molecule has 2 heteroatoms. The summed E-state index contributed by atoms with van der Waals surface area (Å²) in [5.74, 6) is 1.04. The third kappa shape index (κ3) is 1.62. The summed E-state index contributed by atoms with van der Waals surface area (Å²) in [6, 6.07) is 6.44. The highest BCUT2D eigenvalue weighted by molar-refractivity contribution is 5.43. The van der Waals surface area contributed by atoms with Crippen LogP contribution in [0.5, 0.6) is 5.75 Å². The Labute approximate surface area is 85.1 Å². The fourth-order valence-electron chi connectivity index (χ4n) is 1.98. The standard InChI is InChI=1S/C12H17NO/c1-2-9-5-3-6-10-11(13)7-4-8-14-12(9)10/h3,5-6,11H,2,4,7-8,13H2,1H3/t11-/m0/s1. The topological polar surface area (TPSA) is 35.2 Å². The summed E-state index contributed by atoms with van der Waals surface area (Å²) in [5, 5.41) is 0. The monoisotopic (exact) mass is 191 g/mol. The van der Waals surface area contributed by atoms with E-state index >= 15 is 0 Å². The lowest BCUT2D eigenvalue weighted by molar-refractivity contribution is 0.313. The second-order valence-electron chi connectivity index (χ2n) is 3.79. The van der Waals surface area contributed by atoms with Gasteiger partial charge in [-0.2, -0.15) is 0 Å². The Hall–Kier alpha value is -1.02. The first-order valence-corrected chi connectivity index (χ1v) is 5.33. The fourth-order valence-corrected chi connectivity index (χ4v) is 1.98. The maximum absolute atomic E-state index is 6.09. The molecule has 0 spiro atoms. The molecule has 2 rings (SSSR count). The molecule has 76 valence electrons. The van der Waals surface area contributed by atoms with Crippen LogP contribution in [0.1, 0.15) is 36.9 Å². The Morgan fingerprint density at radius 2 is 2.36 bits per heavy atom. The van der Waals surface area contributed by atoms with Crippen LogP contribution in [0.25, 0.3) is 0 Å². The largest absolute Gasteiger partial charge is 0.493 e. The molecule has 1 aliphatic heterocycles. The zero-order valence-corrected chi connectivity index (χ0v) is 8.62. The van der Waals surface area contributed by atoms with Gasteiger partial charge in [0.1, 0.15) is 5.75 Å². The Balaban J connectivity index is 2.46. The van der Waals surface area contributed by atoms with Crippen LogP contribution in [-0.4, -0.2) is 6.61 Å². The molecule has 0 unspecified atom stereocenters. The summed E-state index contributed by atoms with van der Waals surface area (Å²) in [6.45, 7) is 2.95. The van der Waals surface area contributed by atoms with Crippen molar-refractivity contribution in [1.82, 2.24) is 0 Å². The molecule has 1 aliphatic rings. The van der Waals surface area contributed by atoms with Crippen LogP contribution in [0.4, 0.5) is 0 Å². The first kappa shape index (κ1) is 9.53. The molecular formula is C12H17NO. The van der Waals surface area contributed by atoms with Crippen LogP contribution in [0.15, 0.2) is 18.2 Å². The van der Waals surface area contributed by atoms with Crippen molar-refractivity contribution in [3.8, 4) is 5.75 Å². The van der Waals surface area contributed by atoms with Gasteiger partial charge in [-0.05, 0) is 24.8 Å². The molecule has 2 nitrogen and oxygen atoms in total. The second kappa shape index (κ2) is 4.01.